The van der Waals surface area contributed by atoms with E-state index in [0.29, 0.717) is 0 Å². The van der Waals surface area contributed by atoms with Gasteiger partial charge in [0, 0.05) is 13.2 Å². The molecule has 0 aliphatic heterocycles. The summed E-state index contributed by atoms with van der Waals surface area (Å²) < 4.78 is 2.08. The number of imidazole rings is 1. The molecule has 14 heavy (non-hydrogen) atoms. The van der Waals surface area contributed by atoms with E-state index in [2.05, 4.69) is 9.55 Å². The predicted octanol–water partition coefficient (Wildman–Crippen LogP) is 1.66. The number of hydrogen-bond donors (Lipinski definition) is 1. The largest absolute Gasteiger partial charge is 0.396 e. The molecule has 1 N–H and O–H groups in total. The summed E-state index contributed by atoms with van der Waals surface area (Å²) in [5.74, 6) is 0.271. The van der Waals surface area contributed by atoms with Gasteiger partial charge in [-0.2, -0.15) is 0 Å². The summed E-state index contributed by atoms with van der Waals surface area (Å²) in [4.78, 5) is 4.29. The number of para-hydroxylation sites is 2. The third kappa shape index (κ3) is 1.63. The molecular formula is C11H14N2O. The highest BCUT2D eigenvalue weighted by atomic mass is 16.3. The Morgan fingerprint density at radius 2 is 2.21 bits per heavy atom. The number of fused-ring (bicyclic) bond motifs is 1. The smallest absolute Gasteiger partial charge is 0.0958 e. The number of aromatic nitrogens is 2. The van der Waals surface area contributed by atoms with E-state index in [9.17, 15) is 0 Å². The molecule has 3 nitrogen and oxygen atoms in total. The van der Waals surface area contributed by atoms with Crippen molar-refractivity contribution < 1.29 is 5.11 Å². The summed E-state index contributed by atoms with van der Waals surface area (Å²) in [5.41, 5.74) is 2.14. The Morgan fingerprint density at radius 1 is 1.43 bits per heavy atom. The van der Waals surface area contributed by atoms with Gasteiger partial charge in [0.05, 0.1) is 17.4 Å². The summed E-state index contributed by atoms with van der Waals surface area (Å²) in [6, 6.07) is 8.03. The fourth-order valence-electron chi connectivity index (χ4n) is 1.55. The monoisotopic (exact) mass is 190 g/mol. The zero-order chi connectivity index (χ0) is 9.97. The van der Waals surface area contributed by atoms with Crippen molar-refractivity contribution in [1.29, 1.82) is 0 Å². The first-order valence-corrected chi connectivity index (χ1v) is 4.82. The van der Waals surface area contributed by atoms with Crippen LogP contribution in [0.1, 0.15) is 6.92 Å². The number of aliphatic hydroxyl groups is 1. The summed E-state index contributed by atoms with van der Waals surface area (Å²) in [7, 11) is 0. The Balaban J connectivity index is 2.33. The maximum Gasteiger partial charge on any atom is 0.0958 e. The minimum atomic E-state index is 0.215. The summed E-state index contributed by atoms with van der Waals surface area (Å²) >= 11 is 0. The Hall–Kier alpha value is -1.35. The van der Waals surface area contributed by atoms with Crippen LogP contribution in [0, 0.1) is 5.92 Å². The van der Waals surface area contributed by atoms with Crippen LogP contribution < -0.4 is 0 Å². The molecule has 2 aromatic rings. The molecule has 0 aliphatic rings. The quantitative estimate of drug-likeness (QED) is 0.799. The highest BCUT2D eigenvalue weighted by Crippen LogP contribution is 2.13. The van der Waals surface area contributed by atoms with Crippen LogP contribution >= 0.6 is 0 Å². The molecule has 74 valence electrons. The molecule has 3 heteroatoms. The average Bonchev–Trinajstić information content (AvgIpc) is 2.62. The maximum atomic E-state index is 8.97. The van der Waals surface area contributed by atoms with Gasteiger partial charge in [0.25, 0.3) is 0 Å². The zero-order valence-electron chi connectivity index (χ0n) is 8.22. The van der Waals surface area contributed by atoms with Gasteiger partial charge in [-0.3, -0.25) is 0 Å². The van der Waals surface area contributed by atoms with E-state index in [1.807, 2.05) is 37.5 Å². The standard InChI is InChI=1S/C11H14N2O/c1-9(7-14)6-13-8-12-10-4-2-3-5-11(10)13/h2-5,8-9,14H,6-7H2,1H3. The molecule has 0 spiro atoms. The molecule has 1 atom stereocenters. The zero-order valence-corrected chi connectivity index (χ0v) is 8.22. The van der Waals surface area contributed by atoms with E-state index in [1.54, 1.807) is 0 Å². The van der Waals surface area contributed by atoms with Crippen molar-refractivity contribution in [3.8, 4) is 0 Å². The molecule has 0 saturated heterocycles. The number of benzene rings is 1. The molecule has 0 fully saturated rings. The molecule has 0 bridgehead atoms. The Kier molecular flexibility index (Phi) is 2.50. The second-order valence-electron chi connectivity index (χ2n) is 3.67. The van der Waals surface area contributed by atoms with Crippen LogP contribution in [0.2, 0.25) is 0 Å². The Labute approximate surface area is 83.0 Å². The number of rotatable bonds is 3. The van der Waals surface area contributed by atoms with Gasteiger partial charge in [-0.05, 0) is 18.1 Å². The number of hydrogen-bond acceptors (Lipinski definition) is 2. The molecule has 1 heterocycles. The van der Waals surface area contributed by atoms with Crippen LogP contribution in [0.3, 0.4) is 0 Å². The molecular weight excluding hydrogens is 176 g/mol. The molecule has 0 amide bonds. The lowest BCUT2D eigenvalue weighted by Crippen LogP contribution is -2.10. The first-order chi connectivity index (χ1) is 6.81. The fraction of sp³-hybridized carbons (Fsp3) is 0.364. The van der Waals surface area contributed by atoms with Gasteiger partial charge in [-0.1, -0.05) is 19.1 Å². The summed E-state index contributed by atoms with van der Waals surface area (Å²) in [6.45, 7) is 3.05. The first kappa shape index (κ1) is 9.21. The van der Waals surface area contributed by atoms with Crippen molar-refractivity contribution >= 4 is 11.0 Å². The second-order valence-corrected chi connectivity index (χ2v) is 3.67. The van der Waals surface area contributed by atoms with E-state index >= 15 is 0 Å². The van der Waals surface area contributed by atoms with Crippen LogP contribution in [0.15, 0.2) is 30.6 Å². The maximum absolute atomic E-state index is 8.97. The van der Waals surface area contributed by atoms with Crippen molar-refractivity contribution in [3.05, 3.63) is 30.6 Å². The number of nitrogens with zero attached hydrogens (tertiary/aromatic N) is 2. The van der Waals surface area contributed by atoms with Crippen LogP contribution in [0.25, 0.3) is 11.0 Å². The van der Waals surface area contributed by atoms with E-state index in [-0.39, 0.29) is 12.5 Å². The predicted molar refractivity (Wildman–Crippen MR) is 56.0 cm³/mol. The third-order valence-electron chi connectivity index (χ3n) is 2.35. The van der Waals surface area contributed by atoms with Crippen LogP contribution in [0.5, 0.6) is 0 Å². The van der Waals surface area contributed by atoms with Crippen LogP contribution in [-0.4, -0.2) is 21.3 Å². The molecule has 0 saturated carbocycles. The topological polar surface area (TPSA) is 38.0 Å². The molecule has 0 radical (unpaired) electrons. The molecule has 1 unspecified atom stereocenters. The molecule has 2 rings (SSSR count). The van der Waals surface area contributed by atoms with Gasteiger partial charge in [-0.15, -0.1) is 0 Å². The minimum absolute atomic E-state index is 0.215. The van der Waals surface area contributed by atoms with E-state index < -0.39 is 0 Å². The summed E-state index contributed by atoms with van der Waals surface area (Å²) in [6.07, 6.45) is 1.83. The Morgan fingerprint density at radius 3 is 3.00 bits per heavy atom. The van der Waals surface area contributed by atoms with E-state index in [4.69, 9.17) is 5.11 Å². The summed E-state index contributed by atoms with van der Waals surface area (Å²) in [5, 5.41) is 8.97. The highest BCUT2D eigenvalue weighted by Gasteiger charge is 2.04. The van der Waals surface area contributed by atoms with Crippen molar-refractivity contribution in [3.63, 3.8) is 0 Å². The van der Waals surface area contributed by atoms with Gasteiger partial charge < -0.3 is 9.67 Å². The second kappa shape index (κ2) is 3.80. The van der Waals surface area contributed by atoms with Gasteiger partial charge in [0.2, 0.25) is 0 Å². The van der Waals surface area contributed by atoms with Crippen molar-refractivity contribution in [2.24, 2.45) is 5.92 Å². The normalized spacial score (nSPS) is 13.3. The van der Waals surface area contributed by atoms with E-state index in [1.165, 1.54) is 0 Å². The lowest BCUT2D eigenvalue weighted by Gasteiger charge is -2.09. The van der Waals surface area contributed by atoms with Gasteiger partial charge in [0.1, 0.15) is 0 Å². The van der Waals surface area contributed by atoms with Crippen molar-refractivity contribution in [2.75, 3.05) is 6.61 Å². The average molecular weight is 190 g/mol. The molecule has 0 aliphatic carbocycles. The minimum Gasteiger partial charge on any atom is -0.396 e. The SMILES string of the molecule is CC(CO)Cn1cnc2ccccc21. The van der Waals surface area contributed by atoms with Crippen molar-refractivity contribution in [1.82, 2.24) is 9.55 Å². The lowest BCUT2D eigenvalue weighted by atomic mass is 10.2. The Bertz CT molecular complexity index is 422. The van der Waals surface area contributed by atoms with Gasteiger partial charge >= 0.3 is 0 Å². The number of aliphatic hydroxyl groups excluding tert-OH is 1. The fourth-order valence-corrected chi connectivity index (χ4v) is 1.55. The van der Waals surface area contributed by atoms with Crippen molar-refractivity contribution in [2.45, 2.75) is 13.5 Å². The highest BCUT2D eigenvalue weighted by molar-refractivity contribution is 5.74. The van der Waals surface area contributed by atoms with Crippen LogP contribution in [-0.2, 0) is 6.54 Å². The molecule has 1 aromatic heterocycles. The van der Waals surface area contributed by atoms with Crippen LogP contribution in [0.4, 0.5) is 0 Å². The lowest BCUT2D eigenvalue weighted by molar-refractivity contribution is 0.224. The van der Waals surface area contributed by atoms with E-state index in [0.717, 1.165) is 17.6 Å². The third-order valence-corrected chi connectivity index (χ3v) is 2.35. The van der Waals surface area contributed by atoms with Gasteiger partial charge in [0.15, 0.2) is 0 Å². The molecule has 1 aromatic carbocycles. The first-order valence-electron chi connectivity index (χ1n) is 4.82. The van der Waals surface area contributed by atoms with Gasteiger partial charge in [-0.25, -0.2) is 4.98 Å².